The highest BCUT2D eigenvalue weighted by molar-refractivity contribution is 6.41. The summed E-state index contributed by atoms with van der Waals surface area (Å²) in [5, 5.41) is 3.19. The Morgan fingerprint density at radius 2 is 2.16 bits per heavy atom. The number of amides is 1. The minimum absolute atomic E-state index is 0.185. The maximum atomic E-state index is 11.7. The van der Waals surface area contributed by atoms with Crippen molar-refractivity contribution in [1.82, 2.24) is 10.3 Å². The van der Waals surface area contributed by atoms with Crippen LogP contribution in [0.25, 0.3) is 0 Å². The van der Waals surface area contributed by atoms with Gasteiger partial charge in [-0.1, -0.05) is 23.2 Å². The second-order valence-electron chi connectivity index (χ2n) is 3.71. The van der Waals surface area contributed by atoms with Crippen molar-refractivity contribution in [2.24, 2.45) is 0 Å². The van der Waals surface area contributed by atoms with E-state index < -0.39 is 0 Å². The average molecular weight is 307 g/mol. The molecule has 0 aliphatic heterocycles. The first kappa shape index (κ1) is 16.2. The van der Waals surface area contributed by atoms with Crippen LogP contribution in [0.1, 0.15) is 16.8 Å². The zero-order chi connectivity index (χ0) is 14.1. The van der Waals surface area contributed by atoms with E-state index in [1.54, 1.807) is 7.11 Å². The van der Waals surface area contributed by atoms with Crippen molar-refractivity contribution in [3.63, 3.8) is 0 Å². The molecule has 0 unspecified atom stereocenters. The van der Waals surface area contributed by atoms with Gasteiger partial charge in [0.1, 0.15) is 5.15 Å². The lowest BCUT2D eigenvalue weighted by Crippen LogP contribution is -2.25. The minimum Gasteiger partial charge on any atom is -0.382 e. The summed E-state index contributed by atoms with van der Waals surface area (Å²) in [4.78, 5) is 15.5. The van der Waals surface area contributed by atoms with Crippen LogP contribution < -0.4 is 5.32 Å². The Kier molecular flexibility index (Phi) is 7.74. The van der Waals surface area contributed by atoms with E-state index in [9.17, 15) is 4.79 Å². The highest BCUT2D eigenvalue weighted by Crippen LogP contribution is 2.19. The summed E-state index contributed by atoms with van der Waals surface area (Å²) >= 11 is 11.5. The second kappa shape index (κ2) is 9.09. The van der Waals surface area contributed by atoms with E-state index in [1.807, 2.05) is 0 Å². The standard InChI is InChI=1S/C12H16Cl2N2O3/c1-18-5-6-19-4-2-3-15-12(17)9-7-10(13)11(14)16-8-9/h7-8H,2-6H2,1H3,(H,15,17). The lowest BCUT2D eigenvalue weighted by atomic mass is 10.2. The molecule has 0 fully saturated rings. The fourth-order valence-corrected chi connectivity index (χ4v) is 1.54. The fraction of sp³-hybridized carbons (Fsp3) is 0.500. The quantitative estimate of drug-likeness (QED) is 0.591. The minimum atomic E-state index is -0.233. The third kappa shape index (κ3) is 6.20. The molecule has 1 rings (SSSR count). The molecule has 1 aromatic rings. The smallest absolute Gasteiger partial charge is 0.252 e. The number of carbonyl (C=O) groups excluding carboxylic acids is 1. The van der Waals surface area contributed by atoms with Crippen LogP contribution >= 0.6 is 23.2 Å². The molecule has 0 saturated carbocycles. The molecule has 0 aromatic carbocycles. The van der Waals surface area contributed by atoms with Gasteiger partial charge in [-0.15, -0.1) is 0 Å². The number of hydrogen-bond donors (Lipinski definition) is 1. The van der Waals surface area contributed by atoms with E-state index in [1.165, 1.54) is 12.3 Å². The maximum Gasteiger partial charge on any atom is 0.252 e. The van der Waals surface area contributed by atoms with Crippen LogP contribution in [0.3, 0.4) is 0 Å². The topological polar surface area (TPSA) is 60.5 Å². The summed E-state index contributed by atoms with van der Waals surface area (Å²) in [5.41, 5.74) is 0.384. The molecule has 0 aliphatic rings. The van der Waals surface area contributed by atoms with Gasteiger partial charge in [-0.05, 0) is 12.5 Å². The van der Waals surface area contributed by atoms with E-state index >= 15 is 0 Å². The number of carbonyl (C=O) groups is 1. The Hall–Kier alpha value is -0.880. The molecule has 5 nitrogen and oxygen atoms in total. The largest absolute Gasteiger partial charge is 0.382 e. The summed E-state index contributed by atoms with van der Waals surface area (Å²) in [6.07, 6.45) is 2.11. The third-order valence-corrected chi connectivity index (χ3v) is 2.93. The number of nitrogens with one attached hydrogen (secondary N) is 1. The van der Waals surface area contributed by atoms with E-state index in [-0.39, 0.29) is 16.1 Å². The molecule has 0 aliphatic carbocycles. The summed E-state index contributed by atoms with van der Waals surface area (Å²) in [6.45, 7) is 2.22. The van der Waals surface area contributed by atoms with Crippen LogP contribution in [0.15, 0.2) is 12.3 Å². The van der Waals surface area contributed by atoms with Crippen LogP contribution in [0.5, 0.6) is 0 Å². The zero-order valence-corrected chi connectivity index (χ0v) is 12.1. The molecule has 0 saturated heterocycles. The maximum absolute atomic E-state index is 11.7. The number of hydrogen-bond acceptors (Lipinski definition) is 4. The van der Waals surface area contributed by atoms with Gasteiger partial charge in [-0.25, -0.2) is 4.98 Å². The van der Waals surface area contributed by atoms with E-state index in [0.717, 1.165) is 6.42 Å². The van der Waals surface area contributed by atoms with E-state index in [2.05, 4.69) is 10.3 Å². The van der Waals surface area contributed by atoms with Gasteiger partial charge < -0.3 is 14.8 Å². The Morgan fingerprint density at radius 3 is 2.84 bits per heavy atom. The molecule has 1 heterocycles. The van der Waals surface area contributed by atoms with Crippen LogP contribution in [0.2, 0.25) is 10.2 Å². The van der Waals surface area contributed by atoms with Gasteiger partial charge in [0.15, 0.2) is 0 Å². The molecular weight excluding hydrogens is 291 g/mol. The Labute approximate surface area is 122 Å². The fourth-order valence-electron chi connectivity index (χ4n) is 1.27. The third-order valence-electron chi connectivity index (χ3n) is 2.24. The van der Waals surface area contributed by atoms with Crippen LogP contribution in [-0.4, -0.2) is 44.4 Å². The lowest BCUT2D eigenvalue weighted by molar-refractivity contribution is 0.0688. The first-order valence-electron chi connectivity index (χ1n) is 5.81. The molecular formula is C12H16Cl2N2O3. The number of pyridine rings is 1. The van der Waals surface area contributed by atoms with Crippen molar-refractivity contribution >= 4 is 29.1 Å². The van der Waals surface area contributed by atoms with Crippen LogP contribution in [-0.2, 0) is 9.47 Å². The predicted octanol–water partition coefficient (Wildman–Crippen LogP) is 2.17. The lowest BCUT2D eigenvalue weighted by Gasteiger charge is -2.06. The summed E-state index contributed by atoms with van der Waals surface area (Å²) in [5.74, 6) is -0.233. The molecule has 0 bridgehead atoms. The normalized spacial score (nSPS) is 10.5. The number of aromatic nitrogens is 1. The van der Waals surface area contributed by atoms with Gasteiger partial charge in [0, 0.05) is 26.5 Å². The highest BCUT2D eigenvalue weighted by Gasteiger charge is 2.08. The van der Waals surface area contributed by atoms with Crippen LogP contribution in [0, 0.1) is 0 Å². The van der Waals surface area contributed by atoms with Gasteiger partial charge in [0.2, 0.25) is 0 Å². The molecule has 0 atom stereocenters. The molecule has 19 heavy (non-hydrogen) atoms. The van der Waals surface area contributed by atoms with Crippen molar-refractivity contribution in [3.05, 3.63) is 28.0 Å². The number of halogens is 2. The van der Waals surface area contributed by atoms with Gasteiger partial charge >= 0.3 is 0 Å². The molecule has 1 aromatic heterocycles. The highest BCUT2D eigenvalue weighted by atomic mass is 35.5. The molecule has 1 amide bonds. The van der Waals surface area contributed by atoms with Gasteiger partial charge in [0.25, 0.3) is 5.91 Å². The summed E-state index contributed by atoms with van der Waals surface area (Å²) < 4.78 is 10.1. The molecule has 1 N–H and O–H groups in total. The second-order valence-corrected chi connectivity index (χ2v) is 4.48. The summed E-state index contributed by atoms with van der Waals surface area (Å²) in [6, 6.07) is 1.49. The molecule has 106 valence electrons. The van der Waals surface area contributed by atoms with E-state index in [4.69, 9.17) is 32.7 Å². The monoisotopic (exact) mass is 306 g/mol. The van der Waals surface area contributed by atoms with Crippen molar-refractivity contribution in [1.29, 1.82) is 0 Å². The first-order chi connectivity index (χ1) is 9.15. The SMILES string of the molecule is COCCOCCCNC(=O)c1cnc(Cl)c(Cl)c1. The molecule has 0 spiro atoms. The van der Waals surface area contributed by atoms with Gasteiger partial charge in [0.05, 0.1) is 23.8 Å². The molecule has 7 heteroatoms. The number of ether oxygens (including phenoxy) is 2. The number of methoxy groups -OCH3 is 1. The average Bonchev–Trinajstić information content (AvgIpc) is 2.40. The van der Waals surface area contributed by atoms with E-state index in [0.29, 0.717) is 31.9 Å². The number of nitrogens with zero attached hydrogens (tertiary/aromatic N) is 1. The summed E-state index contributed by atoms with van der Waals surface area (Å²) in [7, 11) is 1.62. The number of rotatable bonds is 8. The zero-order valence-electron chi connectivity index (χ0n) is 10.6. The Bertz CT molecular complexity index is 416. The predicted molar refractivity (Wildman–Crippen MR) is 73.9 cm³/mol. The van der Waals surface area contributed by atoms with Crippen molar-refractivity contribution in [2.45, 2.75) is 6.42 Å². The van der Waals surface area contributed by atoms with Crippen molar-refractivity contribution in [2.75, 3.05) is 33.5 Å². The van der Waals surface area contributed by atoms with Crippen LogP contribution in [0.4, 0.5) is 0 Å². The first-order valence-corrected chi connectivity index (χ1v) is 6.56. The Morgan fingerprint density at radius 1 is 1.37 bits per heavy atom. The van der Waals surface area contributed by atoms with Gasteiger partial charge in [-0.2, -0.15) is 0 Å². The van der Waals surface area contributed by atoms with Crippen molar-refractivity contribution in [3.8, 4) is 0 Å². The van der Waals surface area contributed by atoms with Gasteiger partial charge in [-0.3, -0.25) is 4.79 Å². The molecule has 0 radical (unpaired) electrons. The Balaban J connectivity index is 2.22. The van der Waals surface area contributed by atoms with Crippen molar-refractivity contribution < 1.29 is 14.3 Å².